The molecule has 0 amide bonds. The molecule has 156 valence electrons. The number of halogens is 5. The molecule has 0 radical (unpaired) electrons. The number of hydrazone groups is 1. The van der Waals surface area contributed by atoms with E-state index in [-0.39, 0.29) is 17.7 Å². The second-order valence-corrected chi connectivity index (χ2v) is 6.00. The van der Waals surface area contributed by atoms with E-state index in [1.807, 2.05) is 0 Å². The van der Waals surface area contributed by atoms with Crippen molar-refractivity contribution in [3.63, 3.8) is 0 Å². The Hall–Kier alpha value is -3.54. The van der Waals surface area contributed by atoms with Crippen molar-refractivity contribution in [2.75, 3.05) is 11.2 Å². The van der Waals surface area contributed by atoms with Crippen LogP contribution in [0, 0.1) is 0 Å². The molecule has 0 saturated carbocycles. The number of benzene rings is 1. The van der Waals surface area contributed by atoms with E-state index in [1.54, 1.807) is 12.1 Å². The lowest BCUT2D eigenvalue weighted by Gasteiger charge is -2.16. The van der Waals surface area contributed by atoms with Gasteiger partial charge in [0.25, 0.3) is 0 Å². The number of alkyl halides is 4. The molecule has 13 heteroatoms. The van der Waals surface area contributed by atoms with Crippen molar-refractivity contribution >= 4 is 29.7 Å². The lowest BCUT2D eigenvalue weighted by molar-refractivity contribution is -0.253. The fraction of sp³-hybridized carbons (Fsp3) is 0.118. The van der Waals surface area contributed by atoms with Crippen LogP contribution in [0.3, 0.4) is 0 Å². The number of rotatable bonds is 7. The fourth-order valence-corrected chi connectivity index (χ4v) is 2.18. The number of nitrogens with two attached hydrogens (primary N) is 1. The van der Waals surface area contributed by atoms with Crippen LogP contribution >= 0.6 is 11.6 Å². The van der Waals surface area contributed by atoms with Gasteiger partial charge >= 0.3 is 12.5 Å². The molecule has 3 rings (SSSR count). The number of nitrogens with zero attached hydrogens (tertiary/aromatic N) is 5. The SMILES string of the molecule is Nc1nc(NN=Cc2ccc(OC(F)(F)C(F)F)cc2)nc(-c2ccc(Cl)nc2)n1. The molecule has 0 fully saturated rings. The minimum Gasteiger partial charge on any atom is -0.428 e. The van der Waals surface area contributed by atoms with Gasteiger partial charge in [-0.15, -0.1) is 0 Å². The molecule has 0 atom stereocenters. The Labute approximate surface area is 171 Å². The van der Waals surface area contributed by atoms with Crippen molar-refractivity contribution in [3.05, 3.63) is 53.3 Å². The quantitative estimate of drug-likeness (QED) is 0.248. The summed E-state index contributed by atoms with van der Waals surface area (Å²) in [7, 11) is 0. The molecule has 0 aliphatic carbocycles. The van der Waals surface area contributed by atoms with Crippen LogP contribution in [0.4, 0.5) is 29.5 Å². The third-order valence-electron chi connectivity index (χ3n) is 3.40. The van der Waals surface area contributed by atoms with Gasteiger partial charge in [0.2, 0.25) is 11.9 Å². The third kappa shape index (κ3) is 5.50. The molecular formula is C17H12ClF4N7O. The number of hydrogen-bond donors (Lipinski definition) is 2. The average Bonchev–Trinajstić information content (AvgIpc) is 2.69. The Morgan fingerprint density at radius 1 is 1.10 bits per heavy atom. The molecule has 0 aliphatic heterocycles. The maximum atomic E-state index is 12.9. The summed E-state index contributed by atoms with van der Waals surface area (Å²) in [6.07, 6.45) is -5.74. The molecule has 30 heavy (non-hydrogen) atoms. The number of anilines is 2. The van der Waals surface area contributed by atoms with Crippen LogP contribution in [0.5, 0.6) is 5.75 Å². The summed E-state index contributed by atoms with van der Waals surface area (Å²) in [5.74, 6) is -0.197. The summed E-state index contributed by atoms with van der Waals surface area (Å²) in [6, 6.07) is 8.10. The van der Waals surface area contributed by atoms with Gasteiger partial charge in [-0.2, -0.15) is 37.6 Å². The van der Waals surface area contributed by atoms with Crippen LogP contribution in [0.1, 0.15) is 5.56 Å². The summed E-state index contributed by atoms with van der Waals surface area (Å²) in [4.78, 5) is 16.0. The Morgan fingerprint density at radius 2 is 1.83 bits per heavy atom. The first-order valence-electron chi connectivity index (χ1n) is 8.10. The molecule has 2 heterocycles. The normalized spacial score (nSPS) is 11.8. The van der Waals surface area contributed by atoms with Crippen LogP contribution in [0.2, 0.25) is 5.15 Å². The molecule has 0 bridgehead atoms. The largest absolute Gasteiger partial charge is 0.461 e. The number of nitrogens with one attached hydrogen (secondary N) is 1. The van der Waals surface area contributed by atoms with Gasteiger partial charge in [-0.3, -0.25) is 0 Å². The molecule has 2 aromatic heterocycles. The van der Waals surface area contributed by atoms with Crippen molar-refractivity contribution in [2.24, 2.45) is 5.10 Å². The fourth-order valence-electron chi connectivity index (χ4n) is 2.07. The van der Waals surface area contributed by atoms with E-state index in [2.05, 4.69) is 35.2 Å². The molecule has 0 saturated heterocycles. The van der Waals surface area contributed by atoms with Crippen molar-refractivity contribution in [2.45, 2.75) is 12.5 Å². The number of pyridine rings is 1. The summed E-state index contributed by atoms with van der Waals surface area (Å²) in [5, 5.41) is 4.21. The summed E-state index contributed by atoms with van der Waals surface area (Å²) >= 11 is 5.74. The van der Waals surface area contributed by atoms with Gasteiger partial charge in [0.1, 0.15) is 10.9 Å². The molecular weight excluding hydrogens is 430 g/mol. The predicted octanol–water partition coefficient (Wildman–Crippen LogP) is 3.85. The Morgan fingerprint density at radius 3 is 2.47 bits per heavy atom. The third-order valence-corrected chi connectivity index (χ3v) is 3.63. The average molecular weight is 442 g/mol. The summed E-state index contributed by atoms with van der Waals surface area (Å²) < 4.78 is 54.0. The predicted molar refractivity (Wildman–Crippen MR) is 102 cm³/mol. The number of aromatic nitrogens is 4. The van der Waals surface area contributed by atoms with E-state index in [4.69, 9.17) is 17.3 Å². The molecule has 1 aromatic carbocycles. The van der Waals surface area contributed by atoms with Crippen molar-refractivity contribution in [1.82, 2.24) is 19.9 Å². The van der Waals surface area contributed by atoms with E-state index in [1.165, 1.54) is 24.5 Å². The highest BCUT2D eigenvalue weighted by molar-refractivity contribution is 6.29. The standard InChI is InChI=1S/C17H12ClF4N7O/c18-12-6-3-10(8-24-12)13-26-15(23)28-16(27-13)29-25-7-9-1-4-11(5-2-9)30-17(21,22)14(19)20/h1-8,14H,(H3,23,26,27,28,29). The van der Waals surface area contributed by atoms with Gasteiger partial charge < -0.3 is 10.5 Å². The summed E-state index contributed by atoms with van der Waals surface area (Å²) in [6.45, 7) is 0. The molecule has 8 nitrogen and oxygen atoms in total. The highest BCUT2D eigenvalue weighted by atomic mass is 35.5. The molecule has 0 unspecified atom stereocenters. The lowest BCUT2D eigenvalue weighted by Crippen LogP contribution is -2.33. The van der Waals surface area contributed by atoms with E-state index >= 15 is 0 Å². The van der Waals surface area contributed by atoms with Crippen molar-refractivity contribution in [3.8, 4) is 17.1 Å². The van der Waals surface area contributed by atoms with Crippen molar-refractivity contribution < 1.29 is 22.3 Å². The Bertz CT molecular complexity index is 1030. The van der Waals surface area contributed by atoms with Gasteiger partial charge in [0.05, 0.1) is 6.21 Å². The van der Waals surface area contributed by atoms with Crippen LogP contribution in [0.15, 0.2) is 47.7 Å². The van der Waals surface area contributed by atoms with Crippen molar-refractivity contribution in [1.29, 1.82) is 0 Å². The lowest BCUT2D eigenvalue weighted by atomic mass is 10.2. The highest BCUT2D eigenvalue weighted by Gasteiger charge is 2.43. The zero-order valence-corrected chi connectivity index (χ0v) is 15.6. The van der Waals surface area contributed by atoms with Gasteiger partial charge in [-0.05, 0) is 42.0 Å². The molecule has 3 N–H and O–H groups in total. The van der Waals surface area contributed by atoms with Crippen LogP contribution in [0.25, 0.3) is 11.4 Å². The van der Waals surface area contributed by atoms with E-state index in [9.17, 15) is 17.6 Å². The van der Waals surface area contributed by atoms with Gasteiger partial charge in [-0.25, -0.2) is 10.4 Å². The molecule has 0 aliphatic rings. The second kappa shape index (κ2) is 8.86. The maximum absolute atomic E-state index is 12.9. The Kier molecular flexibility index (Phi) is 6.26. The van der Waals surface area contributed by atoms with Crippen LogP contribution < -0.4 is 15.9 Å². The monoisotopic (exact) mass is 441 g/mol. The topological polar surface area (TPSA) is 111 Å². The number of nitrogen functional groups attached to an aromatic ring is 1. The van der Waals surface area contributed by atoms with E-state index < -0.39 is 18.3 Å². The van der Waals surface area contributed by atoms with Gasteiger partial charge in [0, 0.05) is 11.8 Å². The number of hydrogen-bond acceptors (Lipinski definition) is 8. The summed E-state index contributed by atoms with van der Waals surface area (Å²) in [5.41, 5.74) is 9.23. The van der Waals surface area contributed by atoms with Crippen LogP contribution in [-0.4, -0.2) is 38.7 Å². The molecule has 0 spiro atoms. The zero-order chi connectivity index (χ0) is 21.7. The minimum atomic E-state index is -4.58. The van der Waals surface area contributed by atoms with Crippen LogP contribution in [-0.2, 0) is 0 Å². The van der Waals surface area contributed by atoms with Gasteiger partial charge in [-0.1, -0.05) is 11.6 Å². The molecule has 3 aromatic rings. The second-order valence-electron chi connectivity index (χ2n) is 5.61. The highest BCUT2D eigenvalue weighted by Crippen LogP contribution is 2.27. The first kappa shape index (κ1) is 21.2. The minimum absolute atomic E-state index is 0.0419. The maximum Gasteiger partial charge on any atom is 0.461 e. The first-order valence-corrected chi connectivity index (χ1v) is 8.48. The first-order chi connectivity index (χ1) is 14.2. The zero-order valence-electron chi connectivity index (χ0n) is 14.8. The number of ether oxygens (including phenoxy) is 1. The van der Waals surface area contributed by atoms with E-state index in [0.29, 0.717) is 16.3 Å². The van der Waals surface area contributed by atoms with E-state index in [0.717, 1.165) is 12.1 Å². The smallest absolute Gasteiger partial charge is 0.428 e. The Balaban J connectivity index is 1.67. The van der Waals surface area contributed by atoms with Gasteiger partial charge in [0.15, 0.2) is 5.82 Å².